The van der Waals surface area contributed by atoms with Crippen LogP contribution in [0.3, 0.4) is 0 Å². The summed E-state index contributed by atoms with van der Waals surface area (Å²) in [4.78, 5) is 42.7. The third-order valence-corrected chi connectivity index (χ3v) is 5.43. The fourth-order valence-corrected chi connectivity index (χ4v) is 3.65. The Balaban J connectivity index is 1.64. The number of hydrogen-bond donors (Lipinski definition) is 1. The summed E-state index contributed by atoms with van der Waals surface area (Å²) in [5.41, 5.74) is 1.27. The first kappa shape index (κ1) is 22.2. The van der Waals surface area contributed by atoms with E-state index in [1.54, 1.807) is 23.8 Å². The number of amides is 1. The Kier molecular flexibility index (Phi) is 6.51. The van der Waals surface area contributed by atoms with Gasteiger partial charge in [0, 0.05) is 41.1 Å². The lowest BCUT2D eigenvalue weighted by atomic mass is 10.0. The summed E-state index contributed by atoms with van der Waals surface area (Å²) in [5, 5.41) is 3.49. The van der Waals surface area contributed by atoms with Gasteiger partial charge in [-0.15, -0.1) is 0 Å². The number of carbonyl (C=O) groups excluding carboxylic acids is 2. The Morgan fingerprint density at radius 1 is 1.06 bits per heavy atom. The molecule has 0 unspecified atom stereocenters. The zero-order valence-corrected chi connectivity index (χ0v) is 18.5. The summed E-state index contributed by atoms with van der Waals surface area (Å²) < 4.78 is 6.73. The van der Waals surface area contributed by atoms with Crippen molar-refractivity contribution < 1.29 is 14.3 Å². The molecule has 2 heterocycles. The van der Waals surface area contributed by atoms with E-state index in [1.807, 2.05) is 24.3 Å². The highest BCUT2D eigenvalue weighted by atomic mass is 35.5. The van der Waals surface area contributed by atoms with Gasteiger partial charge >= 0.3 is 0 Å². The zero-order chi connectivity index (χ0) is 23.4. The number of fused-ring (bicyclic) bond motifs is 1. The second kappa shape index (κ2) is 9.67. The summed E-state index contributed by atoms with van der Waals surface area (Å²) in [6.45, 7) is 0.251. The lowest BCUT2D eigenvalue weighted by molar-refractivity contribution is -0.121. The van der Waals surface area contributed by atoms with E-state index in [4.69, 9.17) is 16.3 Å². The van der Waals surface area contributed by atoms with Crippen molar-refractivity contribution >= 4 is 34.2 Å². The number of rotatable bonds is 7. The van der Waals surface area contributed by atoms with Gasteiger partial charge in [-0.25, -0.2) is 0 Å². The third kappa shape index (κ3) is 4.94. The molecule has 0 fully saturated rings. The van der Waals surface area contributed by atoms with E-state index in [1.165, 1.54) is 36.8 Å². The highest BCUT2D eigenvalue weighted by molar-refractivity contribution is 6.31. The van der Waals surface area contributed by atoms with Crippen LogP contribution in [0.1, 0.15) is 21.5 Å². The molecule has 7 nitrogen and oxygen atoms in total. The number of halogens is 1. The van der Waals surface area contributed by atoms with Crippen molar-refractivity contribution in [2.45, 2.75) is 13.1 Å². The van der Waals surface area contributed by atoms with E-state index in [9.17, 15) is 14.4 Å². The van der Waals surface area contributed by atoms with Crippen molar-refractivity contribution in [3.8, 4) is 5.75 Å². The van der Waals surface area contributed by atoms with Gasteiger partial charge in [-0.3, -0.25) is 19.4 Å². The summed E-state index contributed by atoms with van der Waals surface area (Å²) >= 11 is 6.11. The fraction of sp³-hybridized carbons (Fsp3) is 0.120. The Morgan fingerprint density at radius 3 is 2.48 bits per heavy atom. The second-order valence-corrected chi connectivity index (χ2v) is 7.79. The Bertz CT molecular complexity index is 1380. The molecule has 2 aromatic carbocycles. The van der Waals surface area contributed by atoms with Crippen LogP contribution in [0.5, 0.6) is 5.75 Å². The Labute approximate surface area is 194 Å². The van der Waals surface area contributed by atoms with E-state index >= 15 is 0 Å². The zero-order valence-electron chi connectivity index (χ0n) is 17.7. The maximum Gasteiger partial charge on any atom is 0.240 e. The minimum Gasteiger partial charge on any atom is -0.497 e. The number of nitrogens with zero attached hydrogens (tertiary/aromatic N) is 2. The molecule has 0 saturated heterocycles. The molecule has 1 amide bonds. The number of pyridine rings is 2. The van der Waals surface area contributed by atoms with Crippen molar-refractivity contribution in [1.29, 1.82) is 0 Å². The number of nitrogens with one attached hydrogen (secondary N) is 1. The monoisotopic (exact) mass is 461 g/mol. The predicted octanol–water partition coefficient (Wildman–Crippen LogP) is 3.61. The van der Waals surface area contributed by atoms with Crippen LogP contribution in [0.25, 0.3) is 10.9 Å². The van der Waals surface area contributed by atoms with Gasteiger partial charge in [0.1, 0.15) is 12.3 Å². The first-order valence-corrected chi connectivity index (χ1v) is 10.5. The summed E-state index contributed by atoms with van der Waals surface area (Å²) in [6, 6.07) is 15.2. The maximum atomic E-state index is 13.1. The van der Waals surface area contributed by atoms with Crippen LogP contribution < -0.4 is 15.5 Å². The van der Waals surface area contributed by atoms with Crippen LogP contribution >= 0.6 is 11.6 Å². The maximum absolute atomic E-state index is 13.1. The normalized spacial score (nSPS) is 10.7. The Morgan fingerprint density at radius 2 is 1.79 bits per heavy atom. The van der Waals surface area contributed by atoms with Gasteiger partial charge in [0.2, 0.25) is 11.3 Å². The summed E-state index contributed by atoms with van der Waals surface area (Å²) in [5.74, 6) is 0.0135. The average molecular weight is 462 g/mol. The molecule has 0 saturated carbocycles. The molecule has 0 atom stereocenters. The highest BCUT2D eigenvalue weighted by Crippen LogP contribution is 2.19. The van der Waals surface area contributed by atoms with Crippen molar-refractivity contribution in [1.82, 2.24) is 14.9 Å². The van der Waals surface area contributed by atoms with E-state index in [0.717, 1.165) is 11.3 Å². The van der Waals surface area contributed by atoms with E-state index < -0.39 is 11.2 Å². The van der Waals surface area contributed by atoms with Gasteiger partial charge in [0.15, 0.2) is 5.78 Å². The van der Waals surface area contributed by atoms with E-state index in [0.29, 0.717) is 22.6 Å². The van der Waals surface area contributed by atoms with Crippen molar-refractivity contribution in [2.24, 2.45) is 0 Å². The van der Waals surface area contributed by atoms with E-state index in [-0.39, 0.29) is 23.4 Å². The molecule has 1 N–H and O–H groups in total. The number of ether oxygens (including phenoxy) is 1. The summed E-state index contributed by atoms with van der Waals surface area (Å²) in [6.07, 6.45) is 4.39. The van der Waals surface area contributed by atoms with Crippen LogP contribution in [0.4, 0.5) is 0 Å². The molecule has 4 aromatic rings. The van der Waals surface area contributed by atoms with Crippen LogP contribution in [-0.2, 0) is 17.9 Å². The van der Waals surface area contributed by atoms with E-state index in [2.05, 4.69) is 10.3 Å². The molecule has 0 bridgehead atoms. The van der Waals surface area contributed by atoms with Gasteiger partial charge in [-0.05, 0) is 48.0 Å². The molecular weight excluding hydrogens is 442 g/mol. The lowest BCUT2D eigenvalue weighted by Gasteiger charge is -2.14. The quantitative estimate of drug-likeness (QED) is 0.425. The molecule has 2 aromatic heterocycles. The first-order chi connectivity index (χ1) is 16.0. The van der Waals surface area contributed by atoms with Crippen LogP contribution in [0.15, 0.2) is 78.0 Å². The molecule has 8 heteroatoms. The summed E-state index contributed by atoms with van der Waals surface area (Å²) in [7, 11) is 1.59. The molecule has 0 aliphatic rings. The van der Waals surface area contributed by atoms with Gasteiger partial charge < -0.3 is 14.6 Å². The Hall–Kier alpha value is -3.97. The van der Waals surface area contributed by atoms with Crippen molar-refractivity contribution in [2.75, 3.05) is 7.11 Å². The number of carbonyl (C=O) groups is 2. The molecule has 0 aliphatic heterocycles. The smallest absolute Gasteiger partial charge is 0.240 e. The molecule has 0 spiro atoms. The predicted molar refractivity (Wildman–Crippen MR) is 126 cm³/mol. The molecule has 0 aliphatic carbocycles. The molecule has 4 rings (SSSR count). The number of methoxy groups -OCH3 is 1. The molecule has 166 valence electrons. The highest BCUT2D eigenvalue weighted by Gasteiger charge is 2.18. The molecule has 0 radical (unpaired) electrons. The SMILES string of the molecule is COc1ccc(CNC(=O)Cn2cc(C(=O)c3ccncc3)c(=O)c3cc(Cl)ccc32)cc1. The molecule has 33 heavy (non-hydrogen) atoms. The number of benzene rings is 2. The van der Waals surface area contributed by atoms with Crippen LogP contribution in [-0.4, -0.2) is 28.4 Å². The minimum atomic E-state index is -0.448. The third-order valence-electron chi connectivity index (χ3n) is 5.19. The fourth-order valence-electron chi connectivity index (χ4n) is 3.48. The first-order valence-electron chi connectivity index (χ1n) is 10.1. The largest absolute Gasteiger partial charge is 0.497 e. The van der Waals surface area contributed by atoms with Crippen molar-refractivity contribution in [3.63, 3.8) is 0 Å². The standard InChI is InChI=1S/C25H20ClN3O4/c1-33-19-5-2-16(3-6-19)13-28-23(30)15-29-14-21(24(31)17-8-10-27-11-9-17)25(32)20-12-18(26)4-7-22(20)29/h2-12,14H,13,15H2,1H3,(H,28,30). The number of ketones is 1. The van der Waals surface area contributed by atoms with Crippen LogP contribution in [0, 0.1) is 0 Å². The van der Waals surface area contributed by atoms with Gasteiger partial charge in [0.25, 0.3) is 0 Å². The van der Waals surface area contributed by atoms with Crippen LogP contribution in [0.2, 0.25) is 5.02 Å². The van der Waals surface area contributed by atoms with Gasteiger partial charge in [0.05, 0.1) is 18.2 Å². The average Bonchev–Trinajstić information content (AvgIpc) is 2.85. The minimum absolute atomic E-state index is 0.0427. The second-order valence-electron chi connectivity index (χ2n) is 7.35. The number of hydrogen-bond acceptors (Lipinski definition) is 5. The topological polar surface area (TPSA) is 90.3 Å². The lowest BCUT2D eigenvalue weighted by Crippen LogP contribution is -2.29. The van der Waals surface area contributed by atoms with Crippen molar-refractivity contribution in [3.05, 3.63) is 105 Å². The van der Waals surface area contributed by atoms with Gasteiger partial charge in [-0.1, -0.05) is 23.7 Å². The van der Waals surface area contributed by atoms with Gasteiger partial charge in [-0.2, -0.15) is 0 Å². The molecular formula is C25H20ClN3O4. The number of aromatic nitrogens is 2.